The second-order valence-corrected chi connectivity index (χ2v) is 10.3. The standard InChI is InChI=1S/C24H23F2N5O3S/c1-13-7-15(34-11-19-28-5-6-33-19)10-29-20(13)21(32)30-14-3-4-17(26)16(8-14)23(2)18-9-24(18,12-25)35-22(27)31-23/h3-8,10,18H,9,11-12H2,1-2H3,(H2,27,31)(H,30,32)/t18-,23+,24+/m0/s1. The fourth-order valence-corrected chi connectivity index (χ4v) is 5.92. The van der Waals surface area contributed by atoms with Crippen molar-refractivity contribution in [2.24, 2.45) is 16.6 Å². The average molecular weight is 500 g/mol. The molecule has 0 radical (unpaired) electrons. The largest absolute Gasteiger partial charge is 0.482 e. The van der Waals surface area contributed by atoms with Crippen molar-refractivity contribution >= 4 is 28.5 Å². The fraction of sp³-hybridized carbons (Fsp3) is 0.333. The Hall–Kier alpha value is -3.47. The molecule has 3 atom stereocenters. The molecule has 35 heavy (non-hydrogen) atoms. The summed E-state index contributed by atoms with van der Waals surface area (Å²) in [6.07, 6.45) is 4.96. The van der Waals surface area contributed by atoms with Gasteiger partial charge < -0.3 is 20.2 Å². The first-order chi connectivity index (χ1) is 16.7. The minimum absolute atomic E-state index is 0.132. The summed E-state index contributed by atoms with van der Waals surface area (Å²) in [5, 5.41) is 3.00. The molecule has 3 N–H and O–H groups in total. The van der Waals surface area contributed by atoms with Crippen molar-refractivity contribution in [1.29, 1.82) is 0 Å². The van der Waals surface area contributed by atoms with Gasteiger partial charge >= 0.3 is 0 Å². The summed E-state index contributed by atoms with van der Waals surface area (Å²) in [5.41, 5.74) is 6.37. The lowest BCUT2D eigenvalue weighted by Gasteiger charge is -2.33. The molecule has 5 rings (SSSR count). The molecule has 2 aliphatic rings. The third kappa shape index (κ3) is 4.24. The summed E-state index contributed by atoms with van der Waals surface area (Å²) >= 11 is 1.22. The molecule has 1 aliphatic heterocycles. The highest BCUT2D eigenvalue weighted by Gasteiger charge is 2.66. The number of carbonyl (C=O) groups excluding carboxylic acids is 1. The number of aryl methyl sites for hydroxylation is 1. The van der Waals surface area contributed by atoms with Gasteiger partial charge in [-0.3, -0.25) is 9.79 Å². The van der Waals surface area contributed by atoms with E-state index in [1.54, 1.807) is 19.9 Å². The number of ether oxygens (including phenoxy) is 1. The van der Waals surface area contributed by atoms with Crippen LogP contribution in [0.1, 0.15) is 40.9 Å². The number of amidine groups is 1. The van der Waals surface area contributed by atoms with Crippen LogP contribution in [-0.4, -0.2) is 32.5 Å². The van der Waals surface area contributed by atoms with E-state index in [1.807, 2.05) is 0 Å². The van der Waals surface area contributed by atoms with Crippen LogP contribution in [0.3, 0.4) is 0 Å². The number of fused-ring (bicyclic) bond motifs is 1. The number of oxazole rings is 1. The lowest BCUT2D eigenvalue weighted by atomic mass is 9.85. The lowest BCUT2D eigenvalue weighted by Crippen LogP contribution is -2.36. The van der Waals surface area contributed by atoms with E-state index in [4.69, 9.17) is 14.9 Å². The molecular formula is C24H23F2N5O3S. The summed E-state index contributed by atoms with van der Waals surface area (Å²) in [4.78, 5) is 25.6. The van der Waals surface area contributed by atoms with Gasteiger partial charge in [-0.15, -0.1) is 0 Å². The quantitative estimate of drug-likeness (QED) is 0.496. The molecule has 1 aliphatic carbocycles. The van der Waals surface area contributed by atoms with Gasteiger partial charge in [-0.1, -0.05) is 11.8 Å². The zero-order valence-corrected chi connectivity index (χ0v) is 19.9. The number of anilines is 1. The van der Waals surface area contributed by atoms with Crippen molar-refractivity contribution in [3.8, 4) is 5.75 Å². The topological polar surface area (TPSA) is 116 Å². The molecule has 8 nitrogen and oxygen atoms in total. The van der Waals surface area contributed by atoms with E-state index in [1.165, 1.54) is 48.6 Å². The van der Waals surface area contributed by atoms with Crippen molar-refractivity contribution in [2.45, 2.75) is 37.2 Å². The van der Waals surface area contributed by atoms with Crippen molar-refractivity contribution in [3.05, 3.63) is 71.5 Å². The fourth-order valence-electron chi connectivity index (χ4n) is 4.59. The highest BCUT2D eigenvalue weighted by Crippen LogP contribution is 2.66. The summed E-state index contributed by atoms with van der Waals surface area (Å²) in [5.74, 6) is -0.263. The summed E-state index contributed by atoms with van der Waals surface area (Å²) in [6.45, 7) is 3.06. The monoisotopic (exact) mass is 499 g/mol. The maximum atomic E-state index is 14.9. The molecule has 2 aromatic heterocycles. The Bertz CT molecular complexity index is 1320. The number of alkyl halides is 1. The average Bonchev–Trinajstić information content (AvgIpc) is 3.33. The summed E-state index contributed by atoms with van der Waals surface area (Å²) in [7, 11) is 0. The molecule has 1 amide bonds. The molecule has 0 bridgehead atoms. The molecule has 1 fully saturated rings. The first-order valence-corrected chi connectivity index (χ1v) is 11.8. The van der Waals surface area contributed by atoms with Crippen LogP contribution in [0.4, 0.5) is 14.5 Å². The molecule has 182 valence electrons. The van der Waals surface area contributed by atoms with E-state index in [9.17, 15) is 13.6 Å². The second kappa shape index (κ2) is 8.63. The number of aliphatic imine (C=N–C) groups is 1. The number of thioether (sulfide) groups is 1. The molecular weight excluding hydrogens is 476 g/mol. The van der Waals surface area contributed by atoms with Gasteiger partial charge in [0.05, 0.1) is 22.7 Å². The third-order valence-electron chi connectivity index (χ3n) is 6.46. The minimum atomic E-state index is -1.03. The number of rotatable bonds is 7. The molecule has 0 unspecified atom stereocenters. The summed E-state index contributed by atoms with van der Waals surface area (Å²) in [6, 6.07) is 5.94. The number of hydrogen-bond acceptors (Lipinski definition) is 8. The smallest absolute Gasteiger partial charge is 0.274 e. The summed E-state index contributed by atoms with van der Waals surface area (Å²) < 4.78 is 38.7. The third-order valence-corrected chi connectivity index (χ3v) is 7.73. The Labute approximate surface area is 204 Å². The number of pyridine rings is 1. The first kappa shape index (κ1) is 23.3. The van der Waals surface area contributed by atoms with Crippen molar-refractivity contribution < 1.29 is 22.7 Å². The lowest BCUT2D eigenvalue weighted by molar-refractivity contribution is 0.102. The van der Waals surface area contributed by atoms with Crippen LogP contribution >= 0.6 is 11.8 Å². The molecule has 3 aromatic rings. The zero-order chi connectivity index (χ0) is 24.8. The highest BCUT2D eigenvalue weighted by molar-refractivity contribution is 8.15. The second-order valence-electron chi connectivity index (χ2n) is 8.85. The minimum Gasteiger partial charge on any atom is -0.482 e. The highest BCUT2D eigenvalue weighted by atomic mass is 32.2. The van der Waals surface area contributed by atoms with Gasteiger partial charge in [0.2, 0.25) is 5.89 Å². The molecule has 1 aromatic carbocycles. The maximum Gasteiger partial charge on any atom is 0.274 e. The van der Waals surface area contributed by atoms with Crippen LogP contribution in [-0.2, 0) is 12.1 Å². The Morgan fingerprint density at radius 3 is 2.91 bits per heavy atom. The predicted molar refractivity (Wildman–Crippen MR) is 128 cm³/mol. The van der Waals surface area contributed by atoms with Crippen molar-refractivity contribution in [3.63, 3.8) is 0 Å². The molecule has 11 heteroatoms. The number of nitrogens with zero attached hydrogens (tertiary/aromatic N) is 3. The maximum absolute atomic E-state index is 14.9. The normalized spacial score (nSPS) is 24.9. The van der Waals surface area contributed by atoms with E-state index in [0.29, 0.717) is 29.3 Å². The van der Waals surface area contributed by atoms with Crippen molar-refractivity contribution in [1.82, 2.24) is 9.97 Å². The number of amides is 1. The number of aromatic nitrogens is 2. The number of hydrogen-bond donors (Lipinski definition) is 2. The molecule has 1 saturated carbocycles. The van der Waals surface area contributed by atoms with Gasteiger partial charge in [0.15, 0.2) is 11.8 Å². The number of nitrogens with two attached hydrogens (primary N) is 1. The van der Waals surface area contributed by atoms with Gasteiger partial charge in [0, 0.05) is 17.2 Å². The Balaban J connectivity index is 1.34. The van der Waals surface area contributed by atoms with Crippen LogP contribution in [0.5, 0.6) is 5.75 Å². The SMILES string of the molecule is Cc1cc(OCc2ncco2)cnc1C(=O)Nc1ccc(F)c([C@@]2(C)N=C(N)S[C@@]3(CF)C[C@H]32)c1. The van der Waals surface area contributed by atoms with Crippen LogP contribution in [0.2, 0.25) is 0 Å². The van der Waals surface area contributed by atoms with E-state index >= 15 is 0 Å². The van der Waals surface area contributed by atoms with Crippen LogP contribution in [0.15, 0.2) is 52.3 Å². The van der Waals surface area contributed by atoms with Crippen LogP contribution in [0, 0.1) is 18.7 Å². The van der Waals surface area contributed by atoms with Gasteiger partial charge in [-0.2, -0.15) is 0 Å². The van der Waals surface area contributed by atoms with Gasteiger partial charge in [0.25, 0.3) is 5.91 Å². The van der Waals surface area contributed by atoms with E-state index in [2.05, 4.69) is 20.3 Å². The predicted octanol–water partition coefficient (Wildman–Crippen LogP) is 4.35. The van der Waals surface area contributed by atoms with Gasteiger partial charge in [0.1, 0.15) is 30.2 Å². The van der Waals surface area contributed by atoms with E-state index < -0.39 is 28.7 Å². The van der Waals surface area contributed by atoms with Crippen molar-refractivity contribution in [2.75, 3.05) is 12.0 Å². The number of carbonyl (C=O) groups is 1. The van der Waals surface area contributed by atoms with Gasteiger partial charge in [-0.25, -0.2) is 18.7 Å². The van der Waals surface area contributed by atoms with E-state index in [0.717, 1.165) is 0 Å². The first-order valence-electron chi connectivity index (χ1n) is 10.9. The molecule has 0 spiro atoms. The number of halogens is 2. The van der Waals surface area contributed by atoms with Gasteiger partial charge in [-0.05, 0) is 50.1 Å². The number of benzene rings is 1. The Morgan fingerprint density at radius 1 is 1.37 bits per heavy atom. The van der Waals surface area contributed by atoms with E-state index in [-0.39, 0.29) is 28.9 Å². The molecule has 3 heterocycles. The molecule has 0 saturated heterocycles. The van der Waals surface area contributed by atoms with Crippen LogP contribution < -0.4 is 15.8 Å². The van der Waals surface area contributed by atoms with Crippen LogP contribution in [0.25, 0.3) is 0 Å². The number of nitrogens with one attached hydrogen (secondary N) is 1. The Kier molecular flexibility index (Phi) is 5.74. The Morgan fingerprint density at radius 2 is 2.20 bits per heavy atom. The zero-order valence-electron chi connectivity index (χ0n) is 19.0.